The van der Waals surface area contributed by atoms with Crippen molar-refractivity contribution in [3.8, 4) is 0 Å². The molecule has 2 unspecified atom stereocenters. The normalized spacial score (nSPS) is 30.8. The molecule has 2 aliphatic rings. The highest BCUT2D eigenvalue weighted by molar-refractivity contribution is 4.87. The molecule has 0 radical (unpaired) electrons. The number of likely N-dealkylation sites (tertiary alicyclic amines) is 1. The van der Waals surface area contributed by atoms with Gasteiger partial charge in [-0.25, -0.2) is 0 Å². The van der Waals surface area contributed by atoms with Crippen LogP contribution in [0.1, 0.15) is 20.3 Å². The highest BCUT2D eigenvalue weighted by Crippen LogP contribution is 2.33. The molecule has 0 amide bonds. The highest BCUT2D eigenvalue weighted by atomic mass is 16.5. The van der Waals surface area contributed by atoms with E-state index in [4.69, 9.17) is 4.74 Å². The summed E-state index contributed by atoms with van der Waals surface area (Å²) in [7, 11) is 2.23. The summed E-state index contributed by atoms with van der Waals surface area (Å²) in [4.78, 5) is 2.45. The van der Waals surface area contributed by atoms with Crippen LogP contribution < -0.4 is 10.6 Å². The Morgan fingerprint density at radius 3 is 2.89 bits per heavy atom. The van der Waals surface area contributed by atoms with Gasteiger partial charge in [0, 0.05) is 32.2 Å². The predicted octanol–water partition coefficient (Wildman–Crippen LogP) is 0.542. The Labute approximate surface area is 111 Å². The Morgan fingerprint density at radius 1 is 1.44 bits per heavy atom. The molecule has 106 valence electrons. The minimum atomic E-state index is 0.389. The lowest BCUT2D eigenvalue weighted by atomic mass is 9.78. The van der Waals surface area contributed by atoms with E-state index < -0.39 is 0 Å². The fourth-order valence-electron chi connectivity index (χ4n) is 3.04. The van der Waals surface area contributed by atoms with Crippen LogP contribution in [0.2, 0.25) is 0 Å². The van der Waals surface area contributed by atoms with E-state index in [1.54, 1.807) is 0 Å². The molecule has 0 aromatic heterocycles. The second-order valence-corrected chi connectivity index (χ2v) is 6.59. The zero-order chi connectivity index (χ0) is 13.0. The van der Waals surface area contributed by atoms with Gasteiger partial charge in [-0.05, 0) is 31.3 Å². The van der Waals surface area contributed by atoms with Gasteiger partial charge in [-0.3, -0.25) is 0 Å². The monoisotopic (exact) mass is 255 g/mol. The van der Waals surface area contributed by atoms with E-state index >= 15 is 0 Å². The van der Waals surface area contributed by atoms with Gasteiger partial charge in [0.05, 0.1) is 13.2 Å². The Morgan fingerprint density at radius 2 is 2.28 bits per heavy atom. The maximum Gasteiger partial charge on any atom is 0.0632 e. The number of nitrogens with zero attached hydrogens (tertiary/aromatic N) is 1. The molecule has 4 nitrogen and oxygen atoms in total. The summed E-state index contributed by atoms with van der Waals surface area (Å²) in [5.74, 6) is 0.825. The van der Waals surface area contributed by atoms with Crippen LogP contribution in [0.25, 0.3) is 0 Å². The lowest BCUT2D eigenvalue weighted by Gasteiger charge is -2.33. The van der Waals surface area contributed by atoms with Crippen LogP contribution in [0.5, 0.6) is 0 Å². The van der Waals surface area contributed by atoms with Crippen LogP contribution in [-0.4, -0.2) is 63.9 Å². The smallest absolute Gasteiger partial charge is 0.0632 e. The van der Waals surface area contributed by atoms with E-state index in [0.717, 1.165) is 38.8 Å². The SMILES string of the molecule is CN1CCC(C(C)(C)CNCC2COCCN2)C1. The van der Waals surface area contributed by atoms with Gasteiger partial charge in [-0.2, -0.15) is 0 Å². The minimum Gasteiger partial charge on any atom is -0.378 e. The van der Waals surface area contributed by atoms with E-state index in [1.165, 1.54) is 19.5 Å². The first-order valence-electron chi connectivity index (χ1n) is 7.28. The number of hydrogen-bond donors (Lipinski definition) is 2. The van der Waals surface area contributed by atoms with E-state index in [9.17, 15) is 0 Å². The molecule has 2 N–H and O–H groups in total. The maximum atomic E-state index is 5.47. The first kappa shape index (κ1) is 14.3. The Bertz CT molecular complexity index is 251. The summed E-state index contributed by atoms with van der Waals surface area (Å²) in [6.07, 6.45) is 1.34. The van der Waals surface area contributed by atoms with Crippen LogP contribution in [0.15, 0.2) is 0 Å². The largest absolute Gasteiger partial charge is 0.378 e. The molecule has 2 rings (SSSR count). The summed E-state index contributed by atoms with van der Waals surface area (Å²) < 4.78 is 5.47. The Balaban J connectivity index is 1.68. The summed E-state index contributed by atoms with van der Waals surface area (Å²) in [5.41, 5.74) is 0.389. The fraction of sp³-hybridized carbons (Fsp3) is 1.00. The minimum absolute atomic E-state index is 0.389. The lowest BCUT2D eigenvalue weighted by molar-refractivity contribution is 0.0750. The second-order valence-electron chi connectivity index (χ2n) is 6.59. The molecule has 0 aromatic carbocycles. The van der Waals surface area contributed by atoms with Gasteiger partial charge in [0.25, 0.3) is 0 Å². The molecule has 0 bridgehead atoms. The van der Waals surface area contributed by atoms with Crippen LogP contribution in [0.3, 0.4) is 0 Å². The Kier molecular flexibility index (Phi) is 5.01. The zero-order valence-corrected chi connectivity index (χ0v) is 12.2. The predicted molar refractivity (Wildman–Crippen MR) is 74.9 cm³/mol. The van der Waals surface area contributed by atoms with Crippen molar-refractivity contribution in [3.05, 3.63) is 0 Å². The van der Waals surface area contributed by atoms with Gasteiger partial charge in [0.2, 0.25) is 0 Å². The number of rotatable bonds is 5. The van der Waals surface area contributed by atoms with E-state index in [0.29, 0.717) is 11.5 Å². The molecule has 4 heteroatoms. The van der Waals surface area contributed by atoms with E-state index in [-0.39, 0.29) is 0 Å². The molecule has 2 saturated heterocycles. The first-order valence-corrected chi connectivity index (χ1v) is 7.28. The summed E-state index contributed by atoms with van der Waals surface area (Å²) in [5, 5.41) is 7.11. The maximum absolute atomic E-state index is 5.47. The molecular formula is C14H29N3O. The number of nitrogens with one attached hydrogen (secondary N) is 2. The number of ether oxygens (including phenoxy) is 1. The number of morpholine rings is 1. The molecule has 2 fully saturated rings. The molecular weight excluding hydrogens is 226 g/mol. The third-order valence-electron chi connectivity index (χ3n) is 4.47. The highest BCUT2D eigenvalue weighted by Gasteiger charge is 2.33. The van der Waals surface area contributed by atoms with Crippen molar-refractivity contribution in [1.29, 1.82) is 0 Å². The second kappa shape index (κ2) is 6.33. The molecule has 0 spiro atoms. The topological polar surface area (TPSA) is 36.5 Å². The van der Waals surface area contributed by atoms with Gasteiger partial charge in [0.1, 0.15) is 0 Å². The van der Waals surface area contributed by atoms with E-state index in [1.807, 2.05) is 0 Å². The van der Waals surface area contributed by atoms with Crippen LogP contribution in [0.4, 0.5) is 0 Å². The third-order valence-corrected chi connectivity index (χ3v) is 4.47. The molecule has 0 aliphatic carbocycles. The zero-order valence-electron chi connectivity index (χ0n) is 12.2. The standard InChI is InChI=1S/C14H29N3O/c1-14(2,12-4-6-17(3)9-12)11-15-8-13-10-18-7-5-16-13/h12-13,15-16H,4-11H2,1-3H3. The Hall–Kier alpha value is -0.160. The average Bonchev–Trinajstić information content (AvgIpc) is 2.78. The number of hydrogen-bond acceptors (Lipinski definition) is 4. The molecule has 0 saturated carbocycles. The molecule has 2 heterocycles. The third kappa shape index (κ3) is 3.92. The summed E-state index contributed by atoms with van der Waals surface area (Å²) in [6.45, 7) is 12.1. The van der Waals surface area contributed by atoms with Crippen molar-refractivity contribution in [2.24, 2.45) is 11.3 Å². The lowest BCUT2D eigenvalue weighted by Crippen LogP contribution is -2.49. The fourth-order valence-corrected chi connectivity index (χ4v) is 3.04. The van der Waals surface area contributed by atoms with Gasteiger partial charge >= 0.3 is 0 Å². The average molecular weight is 255 g/mol. The van der Waals surface area contributed by atoms with Crippen LogP contribution in [-0.2, 0) is 4.74 Å². The van der Waals surface area contributed by atoms with Crippen molar-refractivity contribution in [3.63, 3.8) is 0 Å². The van der Waals surface area contributed by atoms with Gasteiger partial charge in [-0.1, -0.05) is 13.8 Å². The summed E-state index contributed by atoms with van der Waals surface area (Å²) in [6, 6.07) is 0.487. The van der Waals surface area contributed by atoms with Gasteiger partial charge < -0.3 is 20.3 Å². The van der Waals surface area contributed by atoms with Crippen molar-refractivity contribution in [2.75, 3.05) is 53.0 Å². The molecule has 2 atom stereocenters. The van der Waals surface area contributed by atoms with Gasteiger partial charge in [0.15, 0.2) is 0 Å². The van der Waals surface area contributed by atoms with Crippen LogP contribution in [0, 0.1) is 11.3 Å². The van der Waals surface area contributed by atoms with Crippen molar-refractivity contribution >= 4 is 0 Å². The first-order chi connectivity index (χ1) is 8.58. The quantitative estimate of drug-likeness (QED) is 0.752. The van der Waals surface area contributed by atoms with E-state index in [2.05, 4.69) is 36.4 Å². The van der Waals surface area contributed by atoms with Crippen LogP contribution >= 0.6 is 0 Å². The van der Waals surface area contributed by atoms with Crippen molar-refractivity contribution in [2.45, 2.75) is 26.3 Å². The summed E-state index contributed by atoms with van der Waals surface area (Å²) >= 11 is 0. The molecule has 0 aromatic rings. The van der Waals surface area contributed by atoms with Crippen molar-refractivity contribution < 1.29 is 4.74 Å². The van der Waals surface area contributed by atoms with Gasteiger partial charge in [-0.15, -0.1) is 0 Å². The van der Waals surface area contributed by atoms with Crippen molar-refractivity contribution in [1.82, 2.24) is 15.5 Å². The molecule has 2 aliphatic heterocycles. The molecule has 18 heavy (non-hydrogen) atoms.